The van der Waals surface area contributed by atoms with Crippen LogP contribution < -0.4 is 4.90 Å². The Morgan fingerprint density at radius 2 is 1.67 bits per heavy atom. The van der Waals surface area contributed by atoms with Gasteiger partial charge in [-0.25, -0.2) is 0 Å². The second-order valence-electron chi connectivity index (χ2n) is 6.54. The molecule has 1 heterocycles. The van der Waals surface area contributed by atoms with Crippen LogP contribution in [0, 0.1) is 6.92 Å². The van der Waals surface area contributed by atoms with Gasteiger partial charge in [-0.1, -0.05) is 23.9 Å². The van der Waals surface area contributed by atoms with E-state index >= 15 is 0 Å². The van der Waals surface area contributed by atoms with Crippen LogP contribution in [0.3, 0.4) is 0 Å². The number of anilines is 1. The van der Waals surface area contributed by atoms with Crippen LogP contribution in [0.5, 0.6) is 0 Å². The van der Waals surface area contributed by atoms with Gasteiger partial charge < -0.3 is 9.80 Å². The number of aryl methyl sites for hydroxylation is 1. The molecule has 3 rings (SSSR count). The second kappa shape index (κ2) is 7.84. The van der Waals surface area contributed by atoms with Crippen LogP contribution in [0.4, 0.5) is 18.9 Å². The first-order chi connectivity index (χ1) is 12.8. The van der Waals surface area contributed by atoms with Crippen LogP contribution in [-0.4, -0.2) is 37.0 Å². The zero-order chi connectivity index (χ0) is 19.6. The molecule has 1 saturated heterocycles. The van der Waals surface area contributed by atoms with Crippen molar-refractivity contribution in [1.82, 2.24) is 4.90 Å². The molecule has 0 aliphatic carbocycles. The lowest BCUT2D eigenvalue weighted by atomic mass is 10.1. The number of alkyl halides is 3. The van der Waals surface area contributed by atoms with E-state index in [0.29, 0.717) is 18.7 Å². The van der Waals surface area contributed by atoms with Crippen molar-refractivity contribution in [3.05, 3.63) is 53.6 Å². The number of benzene rings is 2. The molecule has 0 atom stereocenters. The quantitative estimate of drug-likeness (QED) is 0.745. The number of rotatable bonds is 3. The minimum atomic E-state index is -4.33. The monoisotopic (exact) mass is 394 g/mol. The number of para-hydroxylation sites is 1. The van der Waals surface area contributed by atoms with E-state index < -0.39 is 11.7 Å². The number of piperazine rings is 1. The fraction of sp³-hybridized carbons (Fsp3) is 0.350. The Bertz CT molecular complexity index is 830. The summed E-state index contributed by atoms with van der Waals surface area (Å²) in [5, 5.41) is 0. The van der Waals surface area contributed by atoms with Crippen molar-refractivity contribution in [2.24, 2.45) is 0 Å². The Balaban J connectivity index is 1.80. The van der Waals surface area contributed by atoms with Gasteiger partial charge in [0.2, 0.25) is 5.91 Å². The normalized spacial score (nSPS) is 15.1. The second-order valence-corrected chi connectivity index (χ2v) is 7.62. The first kappa shape index (κ1) is 19.6. The summed E-state index contributed by atoms with van der Waals surface area (Å²) < 4.78 is 38.6. The van der Waals surface area contributed by atoms with Gasteiger partial charge in [0.1, 0.15) is 0 Å². The van der Waals surface area contributed by atoms with E-state index in [1.165, 1.54) is 23.9 Å². The lowest BCUT2D eigenvalue weighted by molar-refractivity contribution is -0.137. The first-order valence-corrected chi connectivity index (χ1v) is 9.52. The Labute approximate surface area is 161 Å². The molecule has 7 heteroatoms. The van der Waals surface area contributed by atoms with E-state index in [0.717, 1.165) is 34.6 Å². The highest BCUT2D eigenvalue weighted by molar-refractivity contribution is 7.99. The molecular weight excluding hydrogens is 373 g/mol. The molecule has 0 bridgehead atoms. The van der Waals surface area contributed by atoms with Gasteiger partial charge in [-0.05, 0) is 42.8 Å². The largest absolute Gasteiger partial charge is 0.416 e. The Kier molecular flexibility index (Phi) is 5.69. The van der Waals surface area contributed by atoms with Crippen LogP contribution >= 0.6 is 11.8 Å². The zero-order valence-corrected chi connectivity index (χ0v) is 16.0. The summed E-state index contributed by atoms with van der Waals surface area (Å²) >= 11 is 1.47. The van der Waals surface area contributed by atoms with Crippen molar-refractivity contribution in [2.45, 2.75) is 29.8 Å². The summed E-state index contributed by atoms with van der Waals surface area (Å²) in [4.78, 5) is 17.4. The molecule has 0 radical (unpaired) electrons. The molecule has 1 fully saturated rings. The van der Waals surface area contributed by atoms with Gasteiger partial charge in [0.05, 0.1) is 11.3 Å². The lowest BCUT2D eigenvalue weighted by Gasteiger charge is -2.36. The van der Waals surface area contributed by atoms with Crippen molar-refractivity contribution in [2.75, 3.05) is 31.1 Å². The zero-order valence-electron chi connectivity index (χ0n) is 15.2. The minimum Gasteiger partial charge on any atom is -0.367 e. The molecule has 1 amide bonds. The highest BCUT2D eigenvalue weighted by atomic mass is 32.2. The molecule has 27 heavy (non-hydrogen) atoms. The summed E-state index contributed by atoms with van der Waals surface area (Å²) in [5.41, 5.74) is 1.02. The summed E-state index contributed by atoms with van der Waals surface area (Å²) in [6, 6.07) is 11.7. The Hall–Kier alpha value is -2.15. The summed E-state index contributed by atoms with van der Waals surface area (Å²) in [6.45, 7) is 6.10. The third-order valence-electron chi connectivity index (χ3n) is 4.65. The highest BCUT2D eigenvalue weighted by Crippen LogP contribution is 2.39. The molecule has 2 aromatic carbocycles. The van der Waals surface area contributed by atoms with Crippen molar-refractivity contribution in [3.63, 3.8) is 0 Å². The van der Waals surface area contributed by atoms with Gasteiger partial charge in [-0.3, -0.25) is 4.79 Å². The summed E-state index contributed by atoms with van der Waals surface area (Å²) in [5.74, 6) is 0.0812. The number of halogens is 3. The molecule has 0 unspecified atom stereocenters. The molecule has 0 saturated carbocycles. The predicted molar refractivity (Wildman–Crippen MR) is 101 cm³/mol. The standard InChI is InChI=1S/C20H21F3N2OS/c1-14-13-16(20(21,22)23)7-8-18(14)27-19-6-4-3-5-17(19)25-11-9-24(10-12-25)15(2)26/h3-8,13H,9-12H2,1-2H3. The number of carbonyl (C=O) groups excluding carboxylic acids is 1. The Morgan fingerprint density at radius 1 is 1.00 bits per heavy atom. The fourth-order valence-corrected chi connectivity index (χ4v) is 4.17. The van der Waals surface area contributed by atoms with E-state index in [9.17, 15) is 18.0 Å². The number of amides is 1. The van der Waals surface area contributed by atoms with Gasteiger partial charge in [-0.15, -0.1) is 0 Å². The van der Waals surface area contributed by atoms with Crippen LogP contribution in [0.25, 0.3) is 0 Å². The molecule has 0 aromatic heterocycles. The third-order valence-corrected chi connectivity index (χ3v) is 5.90. The maximum Gasteiger partial charge on any atom is 0.416 e. The van der Waals surface area contributed by atoms with Crippen molar-refractivity contribution < 1.29 is 18.0 Å². The van der Waals surface area contributed by atoms with Crippen LogP contribution in [0.15, 0.2) is 52.3 Å². The average Bonchev–Trinajstić information content (AvgIpc) is 2.63. The molecule has 0 N–H and O–H groups in total. The summed E-state index contributed by atoms with van der Waals surface area (Å²) in [6.07, 6.45) is -4.33. The average molecular weight is 394 g/mol. The smallest absolute Gasteiger partial charge is 0.367 e. The van der Waals surface area contributed by atoms with E-state index in [1.807, 2.05) is 29.2 Å². The van der Waals surface area contributed by atoms with E-state index in [1.54, 1.807) is 13.8 Å². The van der Waals surface area contributed by atoms with Crippen LogP contribution in [0.2, 0.25) is 0 Å². The van der Waals surface area contributed by atoms with Crippen molar-refractivity contribution in [3.8, 4) is 0 Å². The molecule has 2 aromatic rings. The van der Waals surface area contributed by atoms with Gasteiger partial charge >= 0.3 is 6.18 Å². The first-order valence-electron chi connectivity index (χ1n) is 8.71. The Morgan fingerprint density at radius 3 is 2.26 bits per heavy atom. The fourth-order valence-electron chi connectivity index (χ4n) is 3.13. The van der Waals surface area contributed by atoms with Gasteiger partial charge in [-0.2, -0.15) is 13.2 Å². The van der Waals surface area contributed by atoms with E-state index in [2.05, 4.69) is 4.90 Å². The summed E-state index contributed by atoms with van der Waals surface area (Å²) in [7, 11) is 0. The maximum absolute atomic E-state index is 12.9. The molecule has 3 nitrogen and oxygen atoms in total. The topological polar surface area (TPSA) is 23.6 Å². The number of hydrogen-bond acceptors (Lipinski definition) is 3. The number of hydrogen-bond donors (Lipinski definition) is 0. The third kappa shape index (κ3) is 4.58. The number of carbonyl (C=O) groups is 1. The van der Waals surface area contributed by atoms with Crippen molar-refractivity contribution in [1.29, 1.82) is 0 Å². The van der Waals surface area contributed by atoms with Crippen LogP contribution in [-0.2, 0) is 11.0 Å². The molecular formula is C20H21F3N2OS. The van der Waals surface area contributed by atoms with Crippen LogP contribution in [0.1, 0.15) is 18.1 Å². The predicted octanol–water partition coefficient (Wildman–Crippen LogP) is 4.83. The maximum atomic E-state index is 12.9. The van der Waals surface area contributed by atoms with E-state index in [-0.39, 0.29) is 5.91 Å². The molecule has 1 aliphatic heterocycles. The highest BCUT2D eigenvalue weighted by Gasteiger charge is 2.30. The van der Waals surface area contributed by atoms with Gasteiger partial charge in [0.15, 0.2) is 0 Å². The van der Waals surface area contributed by atoms with Gasteiger partial charge in [0.25, 0.3) is 0 Å². The van der Waals surface area contributed by atoms with Crippen molar-refractivity contribution >= 4 is 23.4 Å². The molecule has 0 spiro atoms. The SMILES string of the molecule is CC(=O)N1CCN(c2ccccc2Sc2ccc(C(F)(F)F)cc2C)CC1. The lowest BCUT2D eigenvalue weighted by Crippen LogP contribution is -2.48. The molecule has 144 valence electrons. The molecule has 1 aliphatic rings. The van der Waals surface area contributed by atoms with E-state index in [4.69, 9.17) is 0 Å². The minimum absolute atomic E-state index is 0.0812. The van der Waals surface area contributed by atoms with Gasteiger partial charge in [0, 0.05) is 42.9 Å². The number of nitrogens with zero attached hydrogens (tertiary/aromatic N) is 2.